The van der Waals surface area contributed by atoms with E-state index in [4.69, 9.17) is 0 Å². The second-order valence-corrected chi connectivity index (χ2v) is 8.93. The van der Waals surface area contributed by atoms with Crippen molar-refractivity contribution < 1.29 is 4.79 Å². The van der Waals surface area contributed by atoms with Crippen molar-refractivity contribution in [2.24, 2.45) is 5.92 Å². The maximum absolute atomic E-state index is 12.3. The highest BCUT2D eigenvalue weighted by Gasteiger charge is 2.22. The third kappa shape index (κ3) is 4.73. The van der Waals surface area contributed by atoms with E-state index < -0.39 is 0 Å². The van der Waals surface area contributed by atoms with Gasteiger partial charge in [-0.1, -0.05) is 25.1 Å². The molecule has 1 amide bonds. The van der Waals surface area contributed by atoms with Gasteiger partial charge in [-0.15, -0.1) is 0 Å². The predicted molar refractivity (Wildman–Crippen MR) is 134 cm³/mol. The molecule has 1 saturated carbocycles. The monoisotopic (exact) mass is 452 g/mol. The lowest BCUT2D eigenvalue weighted by Crippen LogP contribution is -2.18. The zero-order chi connectivity index (χ0) is 23.5. The molecule has 0 bridgehead atoms. The summed E-state index contributed by atoms with van der Waals surface area (Å²) in [7, 11) is 1.64. The number of hydrogen-bond acceptors (Lipinski definition) is 6. The summed E-state index contributed by atoms with van der Waals surface area (Å²) in [4.78, 5) is 30.3. The maximum Gasteiger partial charge on any atom is 0.251 e. The Balaban J connectivity index is 1.33. The van der Waals surface area contributed by atoms with Crippen molar-refractivity contribution in [3.8, 4) is 11.3 Å². The highest BCUT2D eigenvalue weighted by atomic mass is 16.1. The number of nitrogens with zero attached hydrogens (tertiary/aromatic N) is 4. The van der Waals surface area contributed by atoms with Gasteiger partial charge in [0.2, 0.25) is 0 Å². The standard InChI is InChI=1S/C27H28N6O/c1-17(21-4-3-5-22-23(27(34)28-2)9-11-30-26(21)22)15-31-25-14-24(32-16-33-25)19-8-10-29-20(13-19)12-18-6-7-18/h3-5,8-11,13-14,16-18H,6-7,12,15H2,1-2H3,(H,28,34)(H,31,32,33)/t17-/m1/s1. The normalized spacial score (nSPS) is 14.1. The second kappa shape index (κ2) is 9.55. The molecule has 3 heterocycles. The Morgan fingerprint density at radius 3 is 2.74 bits per heavy atom. The van der Waals surface area contributed by atoms with Crippen molar-refractivity contribution in [2.45, 2.75) is 32.1 Å². The third-order valence-electron chi connectivity index (χ3n) is 6.37. The van der Waals surface area contributed by atoms with Gasteiger partial charge in [0.25, 0.3) is 5.91 Å². The molecule has 34 heavy (non-hydrogen) atoms. The number of aromatic nitrogens is 4. The van der Waals surface area contributed by atoms with E-state index in [9.17, 15) is 4.79 Å². The summed E-state index contributed by atoms with van der Waals surface area (Å²) in [6.07, 6.45) is 8.82. The zero-order valence-corrected chi connectivity index (χ0v) is 19.5. The summed E-state index contributed by atoms with van der Waals surface area (Å²) < 4.78 is 0. The van der Waals surface area contributed by atoms with Crippen LogP contribution in [0.1, 0.15) is 47.3 Å². The van der Waals surface area contributed by atoms with Gasteiger partial charge >= 0.3 is 0 Å². The van der Waals surface area contributed by atoms with Gasteiger partial charge in [-0.05, 0) is 48.9 Å². The van der Waals surface area contributed by atoms with E-state index in [0.29, 0.717) is 12.1 Å². The first kappa shape index (κ1) is 21.9. The van der Waals surface area contributed by atoms with Crippen molar-refractivity contribution >= 4 is 22.6 Å². The van der Waals surface area contributed by atoms with Crippen LogP contribution in [0.2, 0.25) is 0 Å². The largest absolute Gasteiger partial charge is 0.369 e. The maximum atomic E-state index is 12.3. The molecule has 1 aliphatic carbocycles. The number of amides is 1. The van der Waals surface area contributed by atoms with Crippen LogP contribution in [0.15, 0.2) is 61.2 Å². The first-order chi connectivity index (χ1) is 16.6. The Morgan fingerprint density at radius 1 is 1.06 bits per heavy atom. The Labute approximate surface area is 199 Å². The minimum Gasteiger partial charge on any atom is -0.369 e. The molecule has 0 saturated heterocycles. The molecule has 1 fully saturated rings. The number of para-hydroxylation sites is 1. The summed E-state index contributed by atoms with van der Waals surface area (Å²) in [5.41, 5.74) is 5.63. The first-order valence-corrected chi connectivity index (χ1v) is 11.7. The van der Waals surface area contributed by atoms with E-state index in [-0.39, 0.29) is 11.8 Å². The molecular formula is C27H28N6O. The van der Waals surface area contributed by atoms with Crippen LogP contribution in [0.5, 0.6) is 0 Å². The smallest absolute Gasteiger partial charge is 0.251 e. The SMILES string of the molecule is CNC(=O)c1ccnc2c([C@H](C)CNc3cc(-c4ccnc(CC5CC5)c4)ncn3)cccc12. The topological polar surface area (TPSA) is 92.7 Å². The van der Waals surface area contributed by atoms with E-state index >= 15 is 0 Å². The van der Waals surface area contributed by atoms with Crippen LogP contribution in [0, 0.1) is 5.92 Å². The highest BCUT2D eigenvalue weighted by Crippen LogP contribution is 2.33. The minimum absolute atomic E-state index is 0.111. The van der Waals surface area contributed by atoms with Crippen LogP contribution in [0.4, 0.5) is 5.82 Å². The van der Waals surface area contributed by atoms with E-state index in [1.807, 2.05) is 30.5 Å². The number of hydrogen-bond donors (Lipinski definition) is 2. The average Bonchev–Trinajstić information content (AvgIpc) is 3.70. The fraction of sp³-hybridized carbons (Fsp3) is 0.296. The Morgan fingerprint density at radius 2 is 1.91 bits per heavy atom. The molecule has 1 aromatic carbocycles. The quantitative estimate of drug-likeness (QED) is 0.405. The zero-order valence-electron chi connectivity index (χ0n) is 19.5. The molecular weight excluding hydrogens is 424 g/mol. The fourth-order valence-corrected chi connectivity index (χ4v) is 4.28. The molecule has 172 valence electrons. The van der Waals surface area contributed by atoms with Gasteiger partial charge < -0.3 is 10.6 Å². The molecule has 0 radical (unpaired) electrons. The van der Waals surface area contributed by atoms with Gasteiger partial charge in [0, 0.05) is 54.6 Å². The van der Waals surface area contributed by atoms with Crippen molar-refractivity contribution in [1.29, 1.82) is 0 Å². The third-order valence-corrected chi connectivity index (χ3v) is 6.37. The number of fused-ring (bicyclic) bond motifs is 1. The highest BCUT2D eigenvalue weighted by molar-refractivity contribution is 6.06. The summed E-state index contributed by atoms with van der Waals surface area (Å²) in [6, 6.07) is 13.9. The fourth-order valence-electron chi connectivity index (χ4n) is 4.28. The summed E-state index contributed by atoms with van der Waals surface area (Å²) >= 11 is 0. The summed E-state index contributed by atoms with van der Waals surface area (Å²) in [5, 5.41) is 7.01. The van der Waals surface area contributed by atoms with Crippen LogP contribution >= 0.6 is 0 Å². The van der Waals surface area contributed by atoms with Gasteiger partial charge in [-0.25, -0.2) is 9.97 Å². The molecule has 2 N–H and O–H groups in total. The second-order valence-electron chi connectivity index (χ2n) is 8.93. The lowest BCUT2D eigenvalue weighted by atomic mass is 9.96. The molecule has 4 aromatic rings. The van der Waals surface area contributed by atoms with Gasteiger partial charge in [0.1, 0.15) is 12.1 Å². The van der Waals surface area contributed by atoms with E-state index in [0.717, 1.165) is 51.6 Å². The van der Waals surface area contributed by atoms with Gasteiger partial charge in [0.05, 0.1) is 16.8 Å². The number of carbonyl (C=O) groups is 1. The number of rotatable bonds is 8. The average molecular weight is 453 g/mol. The molecule has 7 heteroatoms. The lowest BCUT2D eigenvalue weighted by molar-refractivity contribution is 0.0964. The van der Waals surface area contributed by atoms with Gasteiger partial charge in [0.15, 0.2) is 0 Å². The Kier molecular flexibility index (Phi) is 6.16. The molecule has 1 atom stereocenters. The van der Waals surface area contributed by atoms with Crippen LogP contribution in [-0.2, 0) is 6.42 Å². The molecule has 1 aliphatic rings. The van der Waals surface area contributed by atoms with Crippen molar-refractivity contribution in [2.75, 3.05) is 18.9 Å². The minimum atomic E-state index is -0.111. The number of anilines is 1. The van der Waals surface area contributed by atoms with E-state index in [1.54, 1.807) is 25.6 Å². The van der Waals surface area contributed by atoms with E-state index in [2.05, 4.69) is 49.6 Å². The number of nitrogens with one attached hydrogen (secondary N) is 2. The lowest BCUT2D eigenvalue weighted by Gasteiger charge is -2.16. The van der Waals surface area contributed by atoms with E-state index in [1.165, 1.54) is 12.8 Å². The number of benzene rings is 1. The van der Waals surface area contributed by atoms with Crippen LogP contribution in [0.25, 0.3) is 22.2 Å². The van der Waals surface area contributed by atoms with Crippen molar-refractivity contribution in [3.63, 3.8) is 0 Å². The molecule has 7 nitrogen and oxygen atoms in total. The van der Waals surface area contributed by atoms with Crippen molar-refractivity contribution in [1.82, 2.24) is 25.3 Å². The van der Waals surface area contributed by atoms with Gasteiger partial charge in [-0.2, -0.15) is 0 Å². The van der Waals surface area contributed by atoms with Crippen molar-refractivity contribution in [3.05, 3.63) is 78.0 Å². The first-order valence-electron chi connectivity index (χ1n) is 11.7. The molecule has 5 rings (SSSR count). The molecule has 3 aromatic heterocycles. The van der Waals surface area contributed by atoms with Crippen LogP contribution in [-0.4, -0.2) is 39.4 Å². The van der Waals surface area contributed by atoms with Gasteiger partial charge in [-0.3, -0.25) is 14.8 Å². The number of carbonyl (C=O) groups excluding carboxylic acids is 1. The predicted octanol–water partition coefficient (Wildman–Crippen LogP) is 4.61. The number of pyridine rings is 2. The molecule has 0 unspecified atom stereocenters. The van der Waals surface area contributed by atoms with Crippen LogP contribution in [0.3, 0.4) is 0 Å². The van der Waals surface area contributed by atoms with Crippen LogP contribution < -0.4 is 10.6 Å². The Bertz CT molecular complexity index is 1330. The molecule has 0 aliphatic heterocycles. The Hall–Kier alpha value is -3.87. The molecule has 0 spiro atoms. The summed E-state index contributed by atoms with van der Waals surface area (Å²) in [6.45, 7) is 2.82. The summed E-state index contributed by atoms with van der Waals surface area (Å²) in [5.74, 6) is 1.61.